The zero-order valence-electron chi connectivity index (χ0n) is 14.5. The number of nitrogens with two attached hydrogens (primary N) is 1. The predicted octanol–water partition coefficient (Wildman–Crippen LogP) is 3.75. The van der Waals surface area contributed by atoms with Gasteiger partial charge < -0.3 is 11.2 Å². The number of benzene rings is 2. The highest BCUT2D eigenvalue weighted by Gasteiger charge is 2.30. The molecule has 1 fully saturated rings. The van der Waals surface area contributed by atoms with Crippen molar-refractivity contribution in [1.82, 2.24) is 14.9 Å². The molecule has 8 heteroatoms. The molecular formula is C19H19N5OS2. The number of carbonyl (C=O) groups is 1. The number of hydrogen-bond donors (Lipinski definition) is 2. The summed E-state index contributed by atoms with van der Waals surface area (Å²) in [4.78, 5) is 14.5. The third-order valence-corrected chi connectivity index (χ3v) is 6.12. The van der Waals surface area contributed by atoms with Gasteiger partial charge in [0.2, 0.25) is 11.1 Å². The van der Waals surface area contributed by atoms with Gasteiger partial charge in [0.25, 0.3) is 0 Å². The van der Waals surface area contributed by atoms with Crippen molar-refractivity contribution >= 4 is 35.1 Å². The molecule has 0 spiro atoms. The second-order valence-corrected chi connectivity index (χ2v) is 8.29. The monoisotopic (exact) mass is 397 g/mol. The fraction of sp³-hybridized carbons (Fsp3) is 0.211. The van der Waals surface area contributed by atoms with Gasteiger partial charge in [-0.2, -0.15) is 0 Å². The van der Waals surface area contributed by atoms with E-state index in [1.54, 1.807) is 11.8 Å². The maximum Gasteiger partial charge on any atom is 0.234 e. The summed E-state index contributed by atoms with van der Waals surface area (Å²) in [6, 6.07) is 17.9. The molecule has 0 bridgehead atoms. The lowest BCUT2D eigenvalue weighted by molar-refractivity contribution is -0.113. The molecule has 0 radical (unpaired) electrons. The van der Waals surface area contributed by atoms with Crippen LogP contribution in [0.1, 0.15) is 24.6 Å². The van der Waals surface area contributed by atoms with Crippen LogP contribution in [0.25, 0.3) is 0 Å². The highest BCUT2D eigenvalue weighted by atomic mass is 32.2. The number of para-hydroxylation sites is 1. The number of amides is 1. The van der Waals surface area contributed by atoms with Crippen LogP contribution in [-0.2, 0) is 4.79 Å². The quantitative estimate of drug-likeness (QED) is 0.466. The summed E-state index contributed by atoms with van der Waals surface area (Å²) >= 11 is 2.91. The van der Waals surface area contributed by atoms with Gasteiger partial charge in [-0.3, -0.25) is 4.79 Å². The van der Waals surface area contributed by atoms with Gasteiger partial charge in [0.15, 0.2) is 5.82 Å². The number of hydrogen-bond acceptors (Lipinski definition) is 6. The number of nitrogens with one attached hydrogen (secondary N) is 1. The maximum atomic E-state index is 12.4. The van der Waals surface area contributed by atoms with Crippen LogP contribution in [0.4, 0.5) is 5.69 Å². The average Bonchev–Trinajstić information content (AvgIpc) is 3.46. The third-order valence-electron chi connectivity index (χ3n) is 4.10. The van der Waals surface area contributed by atoms with Crippen LogP contribution in [-0.4, -0.2) is 26.5 Å². The second kappa shape index (κ2) is 8.06. The van der Waals surface area contributed by atoms with Crippen LogP contribution >= 0.6 is 23.5 Å². The zero-order valence-corrected chi connectivity index (χ0v) is 16.2. The molecule has 2 aromatic carbocycles. The largest absolute Gasteiger partial charge is 0.336 e. The van der Waals surface area contributed by atoms with E-state index in [2.05, 4.69) is 15.5 Å². The molecule has 27 heavy (non-hydrogen) atoms. The predicted molar refractivity (Wildman–Crippen MR) is 109 cm³/mol. The van der Waals surface area contributed by atoms with Gasteiger partial charge in [-0.25, -0.2) is 4.68 Å². The van der Waals surface area contributed by atoms with Crippen LogP contribution in [0.3, 0.4) is 0 Å². The lowest BCUT2D eigenvalue weighted by atomic mass is 10.3. The number of anilines is 1. The zero-order chi connectivity index (χ0) is 18.6. The first-order valence-corrected chi connectivity index (χ1v) is 10.5. The Bertz CT molecular complexity index is 940. The van der Waals surface area contributed by atoms with E-state index in [1.165, 1.54) is 16.4 Å². The summed E-state index contributed by atoms with van der Waals surface area (Å²) in [5.74, 6) is 7.39. The Morgan fingerprint density at radius 1 is 1.11 bits per heavy atom. The van der Waals surface area contributed by atoms with Crippen molar-refractivity contribution in [3.8, 4) is 0 Å². The highest BCUT2D eigenvalue weighted by molar-refractivity contribution is 8.00. The Hall–Kier alpha value is -2.45. The summed E-state index contributed by atoms with van der Waals surface area (Å²) in [7, 11) is 0. The van der Waals surface area contributed by atoms with E-state index < -0.39 is 0 Å². The lowest BCUT2D eigenvalue weighted by Crippen LogP contribution is -2.17. The van der Waals surface area contributed by atoms with Crippen molar-refractivity contribution < 1.29 is 4.79 Å². The minimum absolute atomic E-state index is 0.0999. The Kier molecular flexibility index (Phi) is 5.35. The summed E-state index contributed by atoms with van der Waals surface area (Å²) in [5, 5.41) is 11.8. The number of rotatable bonds is 7. The van der Waals surface area contributed by atoms with Gasteiger partial charge >= 0.3 is 0 Å². The molecule has 1 aliphatic carbocycles. The first-order chi connectivity index (χ1) is 13.2. The molecule has 1 amide bonds. The molecule has 3 N–H and O–H groups in total. The number of nitrogens with zero attached hydrogens (tertiary/aromatic N) is 3. The first-order valence-electron chi connectivity index (χ1n) is 8.65. The maximum absolute atomic E-state index is 12.4. The standard InChI is InChI=1S/C19H19N5OS2/c20-24-18(13-10-11-13)22-23-19(24)26-12-17(25)21-15-8-4-5-9-16(15)27-14-6-2-1-3-7-14/h1-9,13H,10-12,20H2,(H,21,25). The Morgan fingerprint density at radius 3 is 2.63 bits per heavy atom. The van der Waals surface area contributed by atoms with Crippen molar-refractivity contribution in [2.45, 2.75) is 33.7 Å². The van der Waals surface area contributed by atoms with E-state index in [1.807, 2.05) is 54.6 Å². The van der Waals surface area contributed by atoms with Gasteiger partial charge in [0.1, 0.15) is 0 Å². The van der Waals surface area contributed by atoms with Gasteiger partial charge in [-0.05, 0) is 37.1 Å². The van der Waals surface area contributed by atoms with Crippen molar-refractivity contribution in [2.24, 2.45) is 0 Å². The molecule has 138 valence electrons. The molecule has 1 aromatic heterocycles. The highest BCUT2D eigenvalue weighted by Crippen LogP contribution is 2.39. The Labute approximate surface area is 165 Å². The molecule has 1 aliphatic rings. The molecule has 6 nitrogen and oxygen atoms in total. The summed E-state index contributed by atoms with van der Waals surface area (Å²) in [6.07, 6.45) is 2.21. The summed E-state index contributed by atoms with van der Waals surface area (Å²) in [5.41, 5.74) is 0.796. The van der Waals surface area contributed by atoms with Gasteiger partial charge in [-0.15, -0.1) is 10.2 Å². The molecule has 0 aliphatic heterocycles. The fourth-order valence-electron chi connectivity index (χ4n) is 2.60. The van der Waals surface area contributed by atoms with E-state index in [4.69, 9.17) is 5.84 Å². The number of thioether (sulfide) groups is 1. The topological polar surface area (TPSA) is 85.8 Å². The Morgan fingerprint density at radius 2 is 1.85 bits per heavy atom. The molecule has 3 aromatic rings. The van der Waals surface area contributed by atoms with Gasteiger partial charge in [0, 0.05) is 15.7 Å². The summed E-state index contributed by atoms with van der Waals surface area (Å²) < 4.78 is 1.51. The Balaban J connectivity index is 1.38. The lowest BCUT2D eigenvalue weighted by Gasteiger charge is -2.10. The van der Waals surface area contributed by atoms with Crippen LogP contribution in [0.5, 0.6) is 0 Å². The molecule has 4 rings (SSSR count). The van der Waals surface area contributed by atoms with Crippen molar-refractivity contribution in [1.29, 1.82) is 0 Å². The molecule has 1 heterocycles. The number of carbonyl (C=O) groups excluding carboxylic acids is 1. The third kappa shape index (κ3) is 4.45. The van der Waals surface area contributed by atoms with Crippen LogP contribution in [0.15, 0.2) is 69.5 Å². The van der Waals surface area contributed by atoms with E-state index in [9.17, 15) is 4.79 Å². The van der Waals surface area contributed by atoms with E-state index >= 15 is 0 Å². The molecular weight excluding hydrogens is 378 g/mol. The molecule has 0 saturated heterocycles. The fourth-order valence-corrected chi connectivity index (χ4v) is 4.18. The smallest absolute Gasteiger partial charge is 0.234 e. The van der Waals surface area contributed by atoms with Gasteiger partial charge in [-0.1, -0.05) is 53.9 Å². The average molecular weight is 398 g/mol. The number of nitrogen functional groups attached to an aromatic ring is 1. The molecule has 0 atom stereocenters. The van der Waals surface area contributed by atoms with Gasteiger partial charge in [0.05, 0.1) is 11.4 Å². The normalized spacial score (nSPS) is 13.5. The summed E-state index contributed by atoms with van der Waals surface area (Å²) in [6.45, 7) is 0. The van der Waals surface area contributed by atoms with Crippen molar-refractivity contribution in [3.63, 3.8) is 0 Å². The van der Waals surface area contributed by atoms with Crippen LogP contribution in [0.2, 0.25) is 0 Å². The second-order valence-electron chi connectivity index (χ2n) is 6.23. The van der Waals surface area contributed by atoms with E-state index in [-0.39, 0.29) is 11.7 Å². The van der Waals surface area contributed by atoms with Crippen molar-refractivity contribution in [2.75, 3.05) is 16.9 Å². The first kappa shape index (κ1) is 17.9. The van der Waals surface area contributed by atoms with E-state index in [0.29, 0.717) is 11.1 Å². The number of aromatic nitrogens is 3. The van der Waals surface area contributed by atoms with E-state index in [0.717, 1.165) is 34.1 Å². The van der Waals surface area contributed by atoms with Crippen LogP contribution < -0.4 is 11.2 Å². The van der Waals surface area contributed by atoms with Crippen LogP contribution in [0, 0.1) is 0 Å². The minimum Gasteiger partial charge on any atom is -0.336 e. The molecule has 1 saturated carbocycles. The molecule has 0 unspecified atom stereocenters. The van der Waals surface area contributed by atoms with Crippen molar-refractivity contribution in [3.05, 3.63) is 60.4 Å². The minimum atomic E-state index is -0.0999. The SMILES string of the molecule is Nn1c(SCC(=O)Nc2ccccc2Sc2ccccc2)nnc1C1CC1.